The Kier molecular flexibility index (Phi) is 1.58. The van der Waals surface area contributed by atoms with Gasteiger partial charge in [0.15, 0.2) is 0 Å². The molecule has 2 saturated heterocycles. The van der Waals surface area contributed by atoms with E-state index in [9.17, 15) is 4.79 Å². The van der Waals surface area contributed by atoms with Crippen LogP contribution >= 0.6 is 0 Å². The predicted molar refractivity (Wildman–Crippen MR) is 48.4 cm³/mol. The molecule has 0 spiro atoms. The molecule has 0 aromatic heterocycles. The van der Waals surface area contributed by atoms with Crippen LogP contribution in [0, 0.1) is 11.3 Å². The van der Waals surface area contributed by atoms with Gasteiger partial charge in [0.1, 0.15) is 6.29 Å². The Morgan fingerprint density at radius 3 is 2.62 bits per heavy atom. The lowest BCUT2D eigenvalue weighted by Crippen LogP contribution is -2.34. The summed E-state index contributed by atoms with van der Waals surface area (Å²) >= 11 is 0. The van der Waals surface area contributed by atoms with Gasteiger partial charge in [-0.15, -0.1) is 0 Å². The Labute approximate surface area is 78.6 Å². The molecule has 2 nitrogen and oxygen atoms in total. The van der Waals surface area contributed by atoms with Crippen LogP contribution in [0.2, 0.25) is 0 Å². The molecule has 3 unspecified atom stereocenters. The molecule has 3 fully saturated rings. The van der Waals surface area contributed by atoms with Crippen molar-refractivity contribution in [2.45, 2.75) is 50.7 Å². The number of hydrogen-bond donors (Lipinski definition) is 0. The standard InChI is InChI=1S/C11H16O2/c12-7-11(5-8-1-2-8)6-9-3-4-10(11)13-9/h7-10H,1-6H2. The average Bonchev–Trinajstić information content (AvgIpc) is 2.74. The largest absolute Gasteiger partial charge is 0.374 e. The van der Waals surface area contributed by atoms with E-state index in [1.807, 2.05) is 0 Å². The summed E-state index contributed by atoms with van der Waals surface area (Å²) in [5.74, 6) is 0.841. The fraction of sp³-hybridized carbons (Fsp3) is 0.909. The number of ether oxygens (including phenoxy) is 1. The zero-order chi connectivity index (χ0) is 8.89. The molecule has 2 heteroatoms. The molecule has 0 amide bonds. The molecule has 1 aliphatic carbocycles. The summed E-state index contributed by atoms with van der Waals surface area (Å²) in [6, 6.07) is 0. The van der Waals surface area contributed by atoms with Crippen molar-refractivity contribution in [3.8, 4) is 0 Å². The Morgan fingerprint density at radius 2 is 2.15 bits per heavy atom. The average molecular weight is 180 g/mol. The lowest BCUT2D eigenvalue weighted by atomic mass is 9.72. The summed E-state index contributed by atoms with van der Waals surface area (Å²) in [7, 11) is 0. The fourth-order valence-corrected chi connectivity index (χ4v) is 3.08. The van der Waals surface area contributed by atoms with Crippen LogP contribution in [-0.4, -0.2) is 18.5 Å². The summed E-state index contributed by atoms with van der Waals surface area (Å²) in [6.45, 7) is 0. The molecule has 3 atom stereocenters. The highest BCUT2D eigenvalue weighted by molar-refractivity contribution is 5.62. The lowest BCUT2D eigenvalue weighted by Gasteiger charge is -2.29. The first-order valence-electron chi connectivity index (χ1n) is 5.44. The topological polar surface area (TPSA) is 26.3 Å². The third-order valence-corrected chi connectivity index (χ3v) is 3.96. The smallest absolute Gasteiger partial charge is 0.128 e. The van der Waals surface area contributed by atoms with Gasteiger partial charge in [0, 0.05) is 0 Å². The van der Waals surface area contributed by atoms with Crippen LogP contribution in [0.5, 0.6) is 0 Å². The van der Waals surface area contributed by atoms with Gasteiger partial charge in [-0.1, -0.05) is 12.8 Å². The number of carbonyl (C=O) groups is 1. The van der Waals surface area contributed by atoms with Gasteiger partial charge in [-0.05, 0) is 31.6 Å². The quantitative estimate of drug-likeness (QED) is 0.620. The van der Waals surface area contributed by atoms with Crippen molar-refractivity contribution in [1.29, 1.82) is 0 Å². The molecule has 0 radical (unpaired) electrons. The third kappa shape index (κ3) is 1.15. The van der Waals surface area contributed by atoms with Gasteiger partial charge in [-0.25, -0.2) is 0 Å². The van der Waals surface area contributed by atoms with Crippen molar-refractivity contribution in [2.75, 3.05) is 0 Å². The maximum atomic E-state index is 11.2. The molecule has 0 aromatic carbocycles. The second-order valence-electron chi connectivity index (χ2n) is 5.03. The molecule has 0 N–H and O–H groups in total. The Hall–Kier alpha value is -0.370. The fourth-order valence-electron chi connectivity index (χ4n) is 3.08. The van der Waals surface area contributed by atoms with E-state index in [1.54, 1.807) is 0 Å². The van der Waals surface area contributed by atoms with Crippen LogP contribution < -0.4 is 0 Å². The minimum atomic E-state index is -0.0654. The van der Waals surface area contributed by atoms with E-state index in [0.29, 0.717) is 6.10 Å². The van der Waals surface area contributed by atoms with E-state index in [2.05, 4.69) is 0 Å². The molecule has 72 valence electrons. The minimum absolute atomic E-state index is 0.0654. The van der Waals surface area contributed by atoms with Crippen molar-refractivity contribution in [3.63, 3.8) is 0 Å². The van der Waals surface area contributed by atoms with Gasteiger partial charge in [-0.2, -0.15) is 0 Å². The predicted octanol–water partition coefficient (Wildman–Crippen LogP) is 1.92. The van der Waals surface area contributed by atoms with Gasteiger partial charge < -0.3 is 9.53 Å². The molecule has 1 saturated carbocycles. The van der Waals surface area contributed by atoms with Crippen LogP contribution in [0.15, 0.2) is 0 Å². The van der Waals surface area contributed by atoms with Crippen LogP contribution in [0.3, 0.4) is 0 Å². The first kappa shape index (κ1) is 7.98. The van der Waals surface area contributed by atoms with E-state index < -0.39 is 0 Å². The summed E-state index contributed by atoms with van der Waals surface area (Å²) in [4.78, 5) is 11.2. The maximum absolute atomic E-state index is 11.2. The summed E-state index contributed by atoms with van der Waals surface area (Å²) in [6.07, 6.45) is 9.00. The van der Waals surface area contributed by atoms with E-state index in [0.717, 1.165) is 25.2 Å². The highest BCUT2D eigenvalue weighted by Crippen LogP contribution is 2.53. The molecular formula is C11H16O2. The summed E-state index contributed by atoms with van der Waals surface area (Å²) < 4.78 is 5.78. The summed E-state index contributed by atoms with van der Waals surface area (Å²) in [5.41, 5.74) is -0.0654. The van der Waals surface area contributed by atoms with Crippen molar-refractivity contribution >= 4 is 6.29 Å². The second-order valence-corrected chi connectivity index (χ2v) is 5.03. The number of carbonyl (C=O) groups excluding carboxylic acids is 1. The minimum Gasteiger partial charge on any atom is -0.374 e. The molecule has 2 heterocycles. The number of aldehydes is 1. The highest BCUT2D eigenvalue weighted by Gasteiger charge is 2.53. The van der Waals surface area contributed by atoms with E-state index >= 15 is 0 Å². The van der Waals surface area contributed by atoms with Crippen LogP contribution in [0.1, 0.15) is 38.5 Å². The van der Waals surface area contributed by atoms with Crippen LogP contribution in [0.4, 0.5) is 0 Å². The highest BCUT2D eigenvalue weighted by atomic mass is 16.5. The van der Waals surface area contributed by atoms with Gasteiger partial charge >= 0.3 is 0 Å². The Morgan fingerprint density at radius 1 is 1.31 bits per heavy atom. The second kappa shape index (κ2) is 2.57. The Balaban J connectivity index is 1.79. The van der Waals surface area contributed by atoms with Gasteiger partial charge in [0.25, 0.3) is 0 Å². The molecule has 0 aromatic rings. The summed E-state index contributed by atoms with van der Waals surface area (Å²) in [5, 5.41) is 0. The van der Waals surface area contributed by atoms with Crippen molar-refractivity contribution in [3.05, 3.63) is 0 Å². The number of fused-ring (bicyclic) bond motifs is 2. The molecule has 3 rings (SSSR count). The van der Waals surface area contributed by atoms with E-state index in [1.165, 1.54) is 25.5 Å². The Bertz CT molecular complexity index is 234. The van der Waals surface area contributed by atoms with Crippen molar-refractivity contribution in [1.82, 2.24) is 0 Å². The first-order chi connectivity index (χ1) is 6.32. The van der Waals surface area contributed by atoms with E-state index in [4.69, 9.17) is 4.74 Å². The zero-order valence-corrected chi connectivity index (χ0v) is 7.87. The molecule has 2 bridgehead atoms. The van der Waals surface area contributed by atoms with Gasteiger partial charge in [-0.3, -0.25) is 0 Å². The van der Waals surface area contributed by atoms with E-state index in [-0.39, 0.29) is 11.5 Å². The van der Waals surface area contributed by atoms with Crippen molar-refractivity contribution in [2.24, 2.45) is 11.3 Å². The molecular weight excluding hydrogens is 164 g/mol. The zero-order valence-electron chi connectivity index (χ0n) is 7.87. The molecule has 3 aliphatic rings. The van der Waals surface area contributed by atoms with Gasteiger partial charge in [0.05, 0.1) is 17.6 Å². The van der Waals surface area contributed by atoms with Crippen LogP contribution in [-0.2, 0) is 9.53 Å². The van der Waals surface area contributed by atoms with Gasteiger partial charge in [0.2, 0.25) is 0 Å². The normalized spacial score (nSPS) is 48.3. The number of hydrogen-bond acceptors (Lipinski definition) is 2. The number of rotatable bonds is 3. The third-order valence-electron chi connectivity index (χ3n) is 3.96. The maximum Gasteiger partial charge on any atom is 0.128 e. The first-order valence-corrected chi connectivity index (χ1v) is 5.44. The SMILES string of the molecule is O=CC1(CC2CC2)CC2CCC1O2. The van der Waals surface area contributed by atoms with Crippen LogP contribution in [0.25, 0.3) is 0 Å². The molecule has 13 heavy (non-hydrogen) atoms. The monoisotopic (exact) mass is 180 g/mol. The lowest BCUT2D eigenvalue weighted by molar-refractivity contribution is -0.119. The molecule has 2 aliphatic heterocycles. The van der Waals surface area contributed by atoms with Crippen molar-refractivity contribution < 1.29 is 9.53 Å².